The summed E-state index contributed by atoms with van der Waals surface area (Å²) >= 11 is 0. The number of nitrogens with zero attached hydrogens (tertiary/aromatic N) is 2. The SMILES string of the molecule is Cc1ccc(N2CCN(C3CCCC3)CC2)c(CO)c1. The fraction of sp³-hybridized carbons (Fsp3) is 0.647. The van der Waals surface area contributed by atoms with Crippen LogP contribution >= 0.6 is 0 Å². The van der Waals surface area contributed by atoms with Gasteiger partial charge in [0.1, 0.15) is 0 Å². The van der Waals surface area contributed by atoms with Crippen molar-refractivity contribution in [1.82, 2.24) is 4.90 Å². The third-order valence-electron chi connectivity index (χ3n) is 4.90. The zero-order valence-electron chi connectivity index (χ0n) is 12.5. The first-order chi connectivity index (χ1) is 9.78. The van der Waals surface area contributed by atoms with E-state index in [1.165, 1.54) is 50.0 Å². The van der Waals surface area contributed by atoms with E-state index >= 15 is 0 Å². The minimum Gasteiger partial charge on any atom is -0.392 e. The summed E-state index contributed by atoms with van der Waals surface area (Å²) in [6, 6.07) is 7.27. The molecule has 0 bridgehead atoms. The molecule has 1 aromatic rings. The zero-order valence-corrected chi connectivity index (χ0v) is 12.5. The molecule has 1 saturated heterocycles. The highest BCUT2D eigenvalue weighted by atomic mass is 16.3. The first kappa shape index (κ1) is 13.9. The molecule has 0 spiro atoms. The third kappa shape index (κ3) is 2.84. The molecule has 1 saturated carbocycles. The van der Waals surface area contributed by atoms with Gasteiger partial charge in [-0.1, -0.05) is 30.5 Å². The molecule has 1 N–H and O–H groups in total. The summed E-state index contributed by atoms with van der Waals surface area (Å²) in [7, 11) is 0. The third-order valence-corrected chi connectivity index (χ3v) is 4.90. The Labute approximate surface area is 122 Å². The van der Waals surface area contributed by atoms with Crippen molar-refractivity contribution in [2.45, 2.75) is 45.3 Å². The van der Waals surface area contributed by atoms with E-state index in [1.807, 2.05) is 0 Å². The van der Waals surface area contributed by atoms with Crippen molar-refractivity contribution in [2.75, 3.05) is 31.1 Å². The first-order valence-electron chi connectivity index (χ1n) is 7.97. The molecule has 1 aliphatic heterocycles. The molecular formula is C17H26N2O. The van der Waals surface area contributed by atoms with Gasteiger partial charge < -0.3 is 10.0 Å². The minimum absolute atomic E-state index is 0.139. The molecule has 1 aliphatic carbocycles. The Balaban J connectivity index is 1.65. The highest BCUT2D eigenvalue weighted by molar-refractivity contribution is 5.55. The van der Waals surface area contributed by atoms with Gasteiger partial charge in [-0.25, -0.2) is 0 Å². The normalized spacial score (nSPS) is 21.6. The molecule has 1 heterocycles. The second-order valence-electron chi connectivity index (χ2n) is 6.25. The highest BCUT2D eigenvalue weighted by Crippen LogP contribution is 2.27. The van der Waals surface area contributed by atoms with Crippen LogP contribution in [0.15, 0.2) is 18.2 Å². The number of hydrogen-bond acceptors (Lipinski definition) is 3. The van der Waals surface area contributed by atoms with Crippen LogP contribution in [0.3, 0.4) is 0 Å². The lowest BCUT2D eigenvalue weighted by Gasteiger charge is -2.39. The monoisotopic (exact) mass is 274 g/mol. The Morgan fingerprint density at radius 3 is 2.45 bits per heavy atom. The van der Waals surface area contributed by atoms with Crippen LogP contribution in [0.2, 0.25) is 0 Å². The van der Waals surface area contributed by atoms with Gasteiger partial charge in [0.25, 0.3) is 0 Å². The molecule has 0 atom stereocenters. The lowest BCUT2D eigenvalue weighted by molar-refractivity contribution is 0.187. The molecule has 0 aromatic heterocycles. The Kier molecular flexibility index (Phi) is 4.27. The number of aliphatic hydroxyl groups is 1. The molecule has 2 fully saturated rings. The Bertz CT molecular complexity index is 446. The molecule has 0 unspecified atom stereocenters. The van der Waals surface area contributed by atoms with Gasteiger partial charge in [0.15, 0.2) is 0 Å². The van der Waals surface area contributed by atoms with Crippen LogP contribution in [0.1, 0.15) is 36.8 Å². The van der Waals surface area contributed by atoms with Crippen LogP contribution in [0.5, 0.6) is 0 Å². The quantitative estimate of drug-likeness (QED) is 0.917. The van der Waals surface area contributed by atoms with Gasteiger partial charge in [0.2, 0.25) is 0 Å². The topological polar surface area (TPSA) is 26.7 Å². The number of anilines is 1. The Morgan fingerprint density at radius 2 is 1.80 bits per heavy atom. The van der Waals surface area contributed by atoms with Gasteiger partial charge in [-0.2, -0.15) is 0 Å². The van der Waals surface area contributed by atoms with E-state index in [-0.39, 0.29) is 6.61 Å². The lowest BCUT2D eigenvalue weighted by Crippen LogP contribution is -2.50. The zero-order chi connectivity index (χ0) is 13.9. The molecule has 0 radical (unpaired) electrons. The van der Waals surface area contributed by atoms with E-state index in [0.717, 1.165) is 24.7 Å². The summed E-state index contributed by atoms with van der Waals surface area (Å²) in [6.07, 6.45) is 5.62. The largest absolute Gasteiger partial charge is 0.392 e. The van der Waals surface area contributed by atoms with Gasteiger partial charge >= 0.3 is 0 Å². The summed E-state index contributed by atoms with van der Waals surface area (Å²) < 4.78 is 0. The first-order valence-corrected chi connectivity index (χ1v) is 7.97. The predicted octanol–water partition coefficient (Wildman–Crippen LogP) is 2.55. The summed E-state index contributed by atoms with van der Waals surface area (Å²) in [5.41, 5.74) is 3.52. The second kappa shape index (κ2) is 6.15. The van der Waals surface area contributed by atoms with Crippen molar-refractivity contribution in [3.8, 4) is 0 Å². The lowest BCUT2D eigenvalue weighted by atomic mass is 10.1. The number of aliphatic hydroxyl groups excluding tert-OH is 1. The average molecular weight is 274 g/mol. The number of piperazine rings is 1. The molecule has 3 rings (SSSR count). The van der Waals surface area contributed by atoms with Crippen LogP contribution in [0.4, 0.5) is 5.69 Å². The van der Waals surface area contributed by atoms with Crippen molar-refractivity contribution in [1.29, 1.82) is 0 Å². The highest BCUT2D eigenvalue weighted by Gasteiger charge is 2.26. The van der Waals surface area contributed by atoms with Crippen molar-refractivity contribution < 1.29 is 5.11 Å². The van der Waals surface area contributed by atoms with Crippen LogP contribution in [-0.2, 0) is 6.61 Å². The molecule has 3 heteroatoms. The number of aryl methyl sites for hydroxylation is 1. The average Bonchev–Trinajstić information content (AvgIpc) is 3.01. The maximum atomic E-state index is 9.56. The van der Waals surface area contributed by atoms with Crippen molar-refractivity contribution >= 4 is 5.69 Å². The number of rotatable bonds is 3. The van der Waals surface area contributed by atoms with E-state index in [4.69, 9.17) is 0 Å². The van der Waals surface area contributed by atoms with Crippen molar-refractivity contribution in [3.05, 3.63) is 29.3 Å². The van der Waals surface area contributed by atoms with Gasteiger partial charge in [-0.05, 0) is 25.8 Å². The minimum atomic E-state index is 0.139. The molecule has 1 aromatic carbocycles. The summed E-state index contributed by atoms with van der Waals surface area (Å²) in [6.45, 7) is 6.74. The fourth-order valence-electron chi connectivity index (χ4n) is 3.75. The molecule has 20 heavy (non-hydrogen) atoms. The molecule has 2 aliphatic rings. The maximum absolute atomic E-state index is 9.56. The molecule has 110 valence electrons. The van der Waals surface area contributed by atoms with E-state index in [1.54, 1.807) is 0 Å². The van der Waals surface area contributed by atoms with E-state index in [9.17, 15) is 5.11 Å². The standard InChI is InChI=1S/C17H26N2O/c1-14-6-7-17(15(12-14)13-20)19-10-8-18(9-11-19)16-4-2-3-5-16/h6-7,12,16,20H,2-5,8-11,13H2,1H3. The van der Waals surface area contributed by atoms with Crippen LogP contribution in [-0.4, -0.2) is 42.2 Å². The Morgan fingerprint density at radius 1 is 1.10 bits per heavy atom. The molecule has 3 nitrogen and oxygen atoms in total. The Hall–Kier alpha value is -1.06. The van der Waals surface area contributed by atoms with Crippen molar-refractivity contribution in [2.24, 2.45) is 0 Å². The van der Waals surface area contributed by atoms with Crippen LogP contribution < -0.4 is 4.90 Å². The summed E-state index contributed by atoms with van der Waals surface area (Å²) in [5.74, 6) is 0. The fourth-order valence-corrected chi connectivity index (χ4v) is 3.75. The molecular weight excluding hydrogens is 248 g/mol. The van der Waals surface area contributed by atoms with E-state index in [0.29, 0.717) is 0 Å². The van der Waals surface area contributed by atoms with Gasteiger partial charge in [-0.3, -0.25) is 4.90 Å². The van der Waals surface area contributed by atoms with E-state index < -0.39 is 0 Å². The van der Waals surface area contributed by atoms with Crippen LogP contribution in [0.25, 0.3) is 0 Å². The van der Waals surface area contributed by atoms with E-state index in [2.05, 4.69) is 34.9 Å². The van der Waals surface area contributed by atoms with Crippen LogP contribution in [0, 0.1) is 6.92 Å². The van der Waals surface area contributed by atoms with Gasteiger partial charge in [0, 0.05) is 43.5 Å². The molecule has 0 amide bonds. The summed E-state index contributed by atoms with van der Waals surface area (Å²) in [4.78, 5) is 5.12. The van der Waals surface area contributed by atoms with Crippen molar-refractivity contribution in [3.63, 3.8) is 0 Å². The number of benzene rings is 1. The second-order valence-corrected chi connectivity index (χ2v) is 6.25. The summed E-state index contributed by atoms with van der Waals surface area (Å²) in [5, 5.41) is 9.56. The maximum Gasteiger partial charge on any atom is 0.0702 e. The predicted molar refractivity (Wildman–Crippen MR) is 83.1 cm³/mol. The smallest absolute Gasteiger partial charge is 0.0702 e. The van der Waals surface area contributed by atoms with Gasteiger partial charge in [-0.15, -0.1) is 0 Å². The number of hydrogen-bond donors (Lipinski definition) is 1. The van der Waals surface area contributed by atoms with Gasteiger partial charge in [0.05, 0.1) is 6.61 Å².